The lowest BCUT2D eigenvalue weighted by molar-refractivity contribution is 0.394. The van der Waals surface area contributed by atoms with Gasteiger partial charge in [0.05, 0.1) is 4.90 Å². The van der Waals surface area contributed by atoms with Crippen LogP contribution in [0, 0.1) is 0 Å². The van der Waals surface area contributed by atoms with Crippen molar-refractivity contribution in [2.45, 2.75) is 17.9 Å². The van der Waals surface area contributed by atoms with Crippen molar-refractivity contribution in [3.63, 3.8) is 0 Å². The average Bonchev–Trinajstić information content (AvgIpc) is 2.54. The van der Waals surface area contributed by atoms with Crippen LogP contribution in [-0.4, -0.2) is 32.4 Å². The van der Waals surface area contributed by atoms with E-state index >= 15 is 0 Å². The third-order valence-corrected chi connectivity index (χ3v) is 6.19. The number of nitrogens with two attached hydrogens (primary N) is 1. The van der Waals surface area contributed by atoms with Gasteiger partial charge >= 0.3 is 0 Å². The molecule has 0 aromatic heterocycles. The van der Waals surface area contributed by atoms with E-state index in [1.165, 1.54) is 4.31 Å². The first kappa shape index (κ1) is 20.1. The minimum Gasteiger partial charge on any atom is -0.329 e. The number of hydrogen-bond acceptors (Lipinski definition) is 3. The summed E-state index contributed by atoms with van der Waals surface area (Å²) in [6, 6.07) is 14.5. The molecule has 0 radical (unpaired) electrons. The summed E-state index contributed by atoms with van der Waals surface area (Å²) in [5.41, 5.74) is 7.56. The lowest BCUT2D eigenvalue weighted by atomic mass is 10.1. The zero-order valence-electron chi connectivity index (χ0n) is 12.9. The molecule has 0 amide bonds. The van der Waals surface area contributed by atoms with Crippen LogP contribution in [0.2, 0.25) is 0 Å². The molecular weight excluding hydrogens is 400 g/mol. The van der Waals surface area contributed by atoms with Gasteiger partial charge in [0.1, 0.15) is 0 Å². The fourth-order valence-corrected chi connectivity index (χ4v) is 3.65. The molecule has 0 bridgehead atoms. The van der Waals surface area contributed by atoms with E-state index in [0.29, 0.717) is 0 Å². The topological polar surface area (TPSA) is 63.4 Å². The van der Waals surface area contributed by atoms with Gasteiger partial charge in [-0.15, -0.1) is 12.4 Å². The largest absolute Gasteiger partial charge is 0.329 e. The monoisotopic (exact) mass is 418 g/mol. The van der Waals surface area contributed by atoms with Crippen LogP contribution in [0.15, 0.2) is 57.9 Å². The van der Waals surface area contributed by atoms with Crippen molar-refractivity contribution >= 4 is 38.4 Å². The van der Waals surface area contributed by atoms with E-state index in [4.69, 9.17) is 5.73 Å². The normalized spacial score (nSPS) is 12.7. The van der Waals surface area contributed by atoms with E-state index in [1.54, 1.807) is 26.1 Å². The van der Waals surface area contributed by atoms with Gasteiger partial charge in [-0.3, -0.25) is 0 Å². The molecule has 0 fully saturated rings. The predicted octanol–water partition coefficient (Wildman–Crippen LogP) is 3.51. The Kier molecular flexibility index (Phi) is 7.23. The Morgan fingerprint density at radius 2 is 1.48 bits per heavy atom. The van der Waals surface area contributed by atoms with E-state index in [9.17, 15) is 8.42 Å². The van der Waals surface area contributed by atoms with Gasteiger partial charge in [0, 0.05) is 24.1 Å². The molecule has 126 valence electrons. The molecule has 2 N–H and O–H groups in total. The smallest absolute Gasteiger partial charge is 0.243 e. The molecule has 0 saturated carbocycles. The molecule has 1 unspecified atom stereocenters. The van der Waals surface area contributed by atoms with Crippen molar-refractivity contribution in [2.75, 3.05) is 13.6 Å². The third-order valence-electron chi connectivity index (χ3n) is 3.67. The lowest BCUT2D eigenvalue weighted by Gasteiger charge is -2.23. The first-order chi connectivity index (χ1) is 10.4. The third kappa shape index (κ3) is 4.55. The molecule has 7 heteroatoms. The summed E-state index contributed by atoms with van der Waals surface area (Å²) in [5.74, 6) is 0. The zero-order chi connectivity index (χ0) is 16.3. The van der Waals surface area contributed by atoms with Crippen LogP contribution < -0.4 is 5.73 Å². The molecule has 0 aliphatic rings. The number of nitrogens with zero attached hydrogens (tertiary/aromatic N) is 1. The Balaban J connectivity index is 0.00000264. The Bertz CT molecular complexity index is 734. The highest BCUT2D eigenvalue weighted by Crippen LogP contribution is 2.24. The van der Waals surface area contributed by atoms with Gasteiger partial charge < -0.3 is 5.73 Å². The van der Waals surface area contributed by atoms with Crippen molar-refractivity contribution in [2.24, 2.45) is 5.73 Å². The van der Waals surface area contributed by atoms with Crippen LogP contribution in [0.4, 0.5) is 0 Å². The molecule has 2 rings (SSSR count). The predicted molar refractivity (Wildman–Crippen MR) is 100 cm³/mol. The summed E-state index contributed by atoms with van der Waals surface area (Å²) in [4.78, 5) is 0.274. The van der Waals surface area contributed by atoms with E-state index in [-0.39, 0.29) is 29.9 Å². The van der Waals surface area contributed by atoms with Gasteiger partial charge in [-0.25, -0.2) is 8.42 Å². The van der Waals surface area contributed by atoms with Crippen LogP contribution in [0.5, 0.6) is 0 Å². The van der Waals surface area contributed by atoms with Gasteiger partial charge in [0.25, 0.3) is 0 Å². The second-order valence-electron chi connectivity index (χ2n) is 5.14. The summed E-state index contributed by atoms with van der Waals surface area (Å²) in [6.45, 7) is 2.07. The van der Waals surface area contributed by atoms with Crippen molar-refractivity contribution in [1.29, 1.82) is 0 Å². The number of likely N-dealkylation sites (N-methyl/N-ethyl adjacent to an activating group) is 1. The van der Waals surface area contributed by atoms with Crippen molar-refractivity contribution in [3.8, 4) is 11.1 Å². The molecule has 0 heterocycles. The van der Waals surface area contributed by atoms with Gasteiger partial charge in [-0.1, -0.05) is 40.2 Å². The maximum absolute atomic E-state index is 12.5. The van der Waals surface area contributed by atoms with Crippen LogP contribution in [-0.2, 0) is 10.0 Å². The van der Waals surface area contributed by atoms with Crippen LogP contribution in [0.3, 0.4) is 0 Å². The molecule has 1 atom stereocenters. The number of halogens is 2. The molecule has 4 nitrogen and oxygen atoms in total. The number of sulfonamides is 1. The number of benzene rings is 2. The van der Waals surface area contributed by atoms with E-state index in [2.05, 4.69) is 15.9 Å². The van der Waals surface area contributed by atoms with E-state index in [0.717, 1.165) is 15.6 Å². The summed E-state index contributed by atoms with van der Waals surface area (Å²) in [7, 11) is -1.96. The molecule has 0 spiro atoms. The number of hydrogen-bond donors (Lipinski definition) is 1. The second-order valence-corrected chi connectivity index (χ2v) is 8.05. The minimum absolute atomic E-state index is 0. The molecule has 0 aliphatic carbocycles. The summed E-state index contributed by atoms with van der Waals surface area (Å²) >= 11 is 3.40. The van der Waals surface area contributed by atoms with Crippen molar-refractivity contribution in [1.82, 2.24) is 4.31 Å². The van der Waals surface area contributed by atoms with Crippen LogP contribution in [0.25, 0.3) is 11.1 Å². The first-order valence-corrected chi connectivity index (χ1v) is 9.13. The molecule has 2 aromatic rings. The Hall–Kier alpha value is -0.920. The van der Waals surface area contributed by atoms with Gasteiger partial charge in [0.15, 0.2) is 0 Å². The summed E-state index contributed by atoms with van der Waals surface area (Å²) < 4.78 is 27.3. The minimum atomic E-state index is -3.51. The molecule has 23 heavy (non-hydrogen) atoms. The fourth-order valence-electron chi connectivity index (χ4n) is 2.01. The molecular formula is C16H20BrClN2O2S. The molecule has 0 aliphatic heterocycles. The summed E-state index contributed by atoms with van der Waals surface area (Å²) in [5, 5.41) is 0. The fraction of sp³-hybridized carbons (Fsp3) is 0.250. The van der Waals surface area contributed by atoms with E-state index in [1.807, 2.05) is 36.4 Å². The van der Waals surface area contributed by atoms with Crippen molar-refractivity contribution < 1.29 is 8.42 Å². The lowest BCUT2D eigenvalue weighted by Crippen LogP contribution is -2.39. The number of rotatable bonds is 5. The highest BCUT2D eigenvalue weighted by molar-refractivity contribution is 9.10. The zero-order valence-corrected chi connectivity index (χ0v) is 16.2. The summed E-state index contributed by atoms with van der Waals surface area (Å²) in [6.07, 6.45) is 0. The Morgan fingerprint density at radius 1 is 1.04 bits per heavy atom. The molecule has 2 aromatic carbocycles. The highest BCUT2D eigenvalue weighted by atomic mass is 79.9. The van der Waals surface area contributed by atoms with Crippen LogP contribution in [0.1, 0.15) is 6.92 Å². The second kappa shape index (κ2) is 8.26. The van der Waals surface area contributed by atoms with Crippen LogP contribution >= 0.6 is 28.3 Å². The maximum atomic E-state index is 12.5. The van der Waals surface area contributed by atoms with Gasteiger partial charge in [0.2, 0.25) is 10.0 Å². The SMILES string of the molecule is CC(CN)N(C)S(=O)(=O)c1ccc(-c2ccc(Br)cc2)cc1.Cl. The van der Waals surface area contributed by atoms with E-state index < -0.39 is 10.0 Å². The van der Waals surface area contributed by atoms with Crippen molar-refractivity contribution in [3.05, 3.63) is 53.0 Å². The quantitative estimate of drug-likeness (QED) is 0.806. The highest BCUT2D eigenvalue weighted by Gasteiger charge is 2.24. The first-order valence-electron chi connectivity index (χ1n) is 6.90. The average molecular weight is 420 g/mol. The van der Waals surface area contributed by atoms with Gasteiger partial charge in [-0.05, 0) is 42.3 Å². The van der Waals surface area contributed by atoms with Gasteiger partial charge in [-0.2, -0.15) is 4.31 Å². The Labute approximate surface area is 152 Å². The Morgan fingerprint density at radius 3 is 1.91 bits per heavy atom. The molecule has 0 saturated heterocycles. The standard InChI is InChI=1S/C16H19BrN2O2S.ClH/c1-12(11-18)19(2)22(20,21)16-9-5-14(6-10-16)13-3-7-15(17)8-4-13;/h3-10,12H,11,18H2,1-2H3;1H. The maximum Gasteiger partial charge on any atom is 0.243 e.